The number of aromatic nitrogens is 3. The maximum atomic E-state index is 10.6. The van der Waals surface area contributed by atoms with E-state index in [4.69, 9.17) is 15.9 Å². The predicted molar refractivity (Wildman–Crippen MR) is 46.0 cm³/mol. The molecule has 2 rings (SSSR count). The Kier molecular flexibility index (Phi) is 1.53. The van der Waals surface area contributed by atoms with Gasteiger partial charge in [0.25, 0.3) is 0 Å². The minimum Gasteiger partial charge on any atom is -0.492 e. The van der Waals surface area contributed by atoms with Crippen LogP contribution in [-0.2, 0) is 0 Å². The summed E-state index contributed by atoms with van der Waals surface area (Å²) in [5.41, 5.74) is 5.48. The first-order valence-electron chi connectivity index (χ1n) is 3.65. The van der Waals surface area contributed by atoms with Gasteiger partial charge in [-0.1, -0.05) is 0 Å². The Bertz CT molecular complexity index is 519. The fourth-order valence-corrected chi connectivity index (χ4v) is 1.11. The smallest absolute Gasteiger partial charge is 0.356 e. The third-order valence-corrected chi connectivity index (χ3v) is 1.67. The van der Waals surface area contributed by atoms with E-state index in [-0.39, 0.29) is 23.0 Å². The van der Waals surface area contributed by atoms with Crippen molar-refractivity contribution >= 4 is 17.4 Å². The summed E-state index contributed by atoms with van der Waals surface area (Å²) in [4.78, 5) is 17.8. The average molecular weight is 194 g/mol. The number of aromatic hydroxyl groups is 1. The SMILES string of the molecule is Nc1nc(O)cn2cc(C(=O)O)nc12. The number of nitrogens with zero attached hydrogens (tertiary/aromatic N) is 3. The number of hydrogen-bond donors (Lipinski definition) is 3. The van der Waals surface area contributed by atoms with E-state index in [1.54, 1.807) is 0 Å². The van der Waals surface area contributed by atoms with E-state index in [1.807, 2.05) is 0 Å². The van der Waals surface area contributed by atoms with E-state index in [2.05, 4.69) is 9.97 Å². The fourth-order valence-electron chi connectivity index (χ4n) is 1.11. The van der Waals surface area contributed by atoms with Crippen molar-refractivity contribution in [2.45, 2.75) is 0 Å². The van der Waals surface area contributed by atoms with Crippen LogP contribution in [0.25, 0.3) is 5.65 Å². The fraction of sp³-hybridized carbons (Fsp3) is 0. The van der Waals surface area contributed by atoms with Crippen LogP contribution in [0.4, 0.5) is 5.82 Å². The number of carboxylic acids is 1. The summed E-state index contributed by atoms with van der Waals surface area (Å²) in [5.74, 6) is -1.46. The maximum Gasteiger partial charge on any atom is 0.356 e. The molecule has 2 aromatic rings. The van der Waals surface area contributed by atoms with Crippen LogP contribution >= 0.6 is 0 Å². The molecule has 0 aliphatic rings. The number of imidazole rings is 1. The molecule has 0 aromatic carbocycles. The van der Waals surface area contributed by atoms with Gasteiger partial charge in [-0.15, -0.1) is 0 Å². The first-order valence-corrected chi connectivity index (χ1v) is 3.65. The van der Waals surface area contributed by atoms with Crippen molar-refractivity contribution in [2.24, 2.45) is 0 Å². The Balaban J connectivity index is 2.76. The second kappa shape index (κ2) is 2.59. The number of nitrogen functional groups attached to an aromatic ring is 1. The minimum atomic E-state index is -1.16. The summed E-state index contributed by atoms with van der Waals surface area (Å²) in [7, 11) is 0. The molecule has 7 heteroatoms. The molecule has 2 aromatic heterocycles. The van der Waals surface area contributed by atoms with Crippen LogP contribution < -0.4 is 5.73 Å². The quantitative estimate of drug-likeness (QED) is 0.575. The molecule has 72 valence electrons. The summed E-state index contributed by atoms with van der Waals surface area (Å²) < 4.78 is 1.31. The van der Waals surface area contributed by atoms with Crippen molar-refractivity contribution in [1.82, 2.24) is 14.4 Å². The summed E-state index contributed by atoms with van der Waals surface area (Å²) in [5, 5.41) is 17.7. The molecule has 4 N–H and O–H groups in total. The van der Waals surface area contributed by atoms with Gasteiger partial charge in [0.1, 0.15) is 0 Å². The molecule has 0 spiro atoms. The lowest BCUT2D eigenvalue weighted by Gasteiger charge is -1.96. The number of aromatic carboxylic acids is 1. The highest BCUT2D eigenvalue weighted by Gasteiger charge is 2.11. The lowest BCUT2D eigenvalue weighted by molar-refractivity contribution is 0.0691. The molecule has 0 saturated heterocycles. The van der Waals surface area contributed by atoms with Gasteiger partial charge in [0.15, 0.2) is 17.2 Å². The van der Waals surface area contributed by atoms with E-state index in [0.29, 0.717) is 0 Å². The van der Waals surface area contributed by atoms with Crippen LogP contribution in [0, 0.1) is 0 Å². The number of carboxylic acid groups (broad SMARTS) is 1. The third kappa shape index (κ3) is 1.11. The molecule has 0 bridgehead atoms. The van der Waals surface area contributed by atoms with E-state index >= 15 is 0 Å². The summed E-state index contributed by atoms with van der Waals surface area (Å²) in [6.45, 7) is 0. The van der Waals surface area contributed by atoms with E-state index in [9.17, 15) is 4.79 Å². The van der Waals surface area contributed by atoms with Gasteiger partial charge in [0.2, 0.25) is 5.88 Å². The van der Waals surface area contributed by atoms with Gasteiger partial charge in [-0.25, -0.2) is 9.78 Å². The third-order valence-electron chi connectivity index (χ3n) is 1.67. The largest absolute Gasteiger partial charge is 0.492 e. The molecule has 2 heterocycles. The molecule has 0 fully saturated rings. The topological polar surface area (TPSA) is 114 Å². The molecule has 0 atom stereocenters. The molecule has 0 aliphatic heterocycles. The van der Waals surface area contributed by atoms with Crippen molar-refractivity contribution in [3.63, 3.8) is 0 Å². The molecule has 0 amide bonds. The number of fused-ring (bicyclic) bond motifs is 1. The molecule has 14 heavy (non-hydrogen) atoms. The van der Waals surface area contributed by atoms with Gasteiger partial charge < -0.3 is 15.9 Å². The van der Waals surface area contributed by atoms with Crippen molar-refractivity contribution in [3.05, 3.63) is 18.1 Å². The van der Waals surface area contributed by atoms with Gasteiger partial charge in [-0.3, -0.25) is 4.40 Å². The van der Waals surface area contributed by atoms with Crippen LogP contribution in [0.3, 0.4) is 0 Å². The van der Waals surface area contributed by atoms with Crippen molar-refractivity contribution in [3.8, 4) is 5.88 Å². The van der Waals surface area contributed by atoms with Gasteiger partial charge in [-0.2, -0.15) is 4.98 Å². The second-order valence-corrected chi connectivity index (χ2v) is 2.65. The summed E-state index contributed by atoms with van der Waals surface area (Å²) in [6, 6.07) is 0. The van der Waals surface area contributed by atoms with Gasteiger partial charge in [-0.05, 0) is 0 Å². The van der Waals surface area contributed by atoms with Crippen LogP contribution in [0.15, 0.2) is 12.4 Å². The van der Waals surface area contributed by atoms with E-state index in [0.717, 1.165) is 0 Å². The zero-order valence-electron chi connectivity index (χ0n) is 6.88. The summed E-state index contributed by atoms with van der Waals surface area (Å²) in [6.07, 6.45) is 2.47. The average Bonchev–Trinajstić information content (AvgIpc) is 2.47. The predicted octanol–water partition coefficient (Wildman–Crippen LogP) is -0.285. The Morgan fingerprint density at radius 1 is 1.43 bits per heavy atom. The van der Waals surface area contributed by atoms with Gasteiger partial charge in [0, 0.05) is 6.20 Å². The highest BCUT2D eigenvalue weighted by Crippen LogP contribution is 2.15. The zero-order chi connectivity index (χ0) is 10.3. The van der Waals surface area contributed by atoms with Gasteiger partial charge >= 0.3 is 5.97 Å². The van der Waals surface area contributed by atoms with Gasteiger partial charge in [0.05, 0.1) is 6.20 Å². The molecule has 0 aliphatic carbocycles. The Labute approximate surface area is 77.4 Å². The van der Waals surface area contributed by atoms with Crippen molar-refractivity contribution in [2.75, 3.05) is 5.73 Å². The maximum absolute atomic E-state index is 10.6. The van der Waals surface area contributed by atoms with E-state index < -0.39 is 5.97 Å². The number of nitrogens with two attached hydrogens (primary N) is 1. The summed E-state index contributed by atoms with van der Waals surface area (Å²) >= 11 is 0. The molecule has 0 saturated carbocycles. The van der Waals surface area contributed by atoms with Crippen LogP contribution in [0.1, 0.15) is 10.5 Å². The lowest BCUT2D eigenvalue weighted by atomic mass is 10.5. The first-order chi connectivity index (χ1) is 6.58. The second-order valence-electron chi connectivity index (χ2n) is 2.65. The standard InChI is InChI=1S/C7H6N4O3/c8-5-6-9-3(7(13)14)1-11(6)2-4(12)10-5/h1-2,12H,(H2,8,10)(H,13,14). The van der Waals surface area contributed by atoms with Crippen LogP contribution in [0.2, 0.25) is 0 Å². The zero-order valence-corrected chi connectivity index (χ0v) is 6.88. The number of rotatable bonds is 1. The number of carbonyl (C=O) groups is 1. The molecule has 7 nitrogen and oxygen atoms in total. The van der Waals surface area contributed by atoms with E-state index in [1.165, 1.54) is 16.8 Å². The Morgan fingerprint density at radius 2 is 2.14 bits per heavy atom. The van der Waals surface area contributed by atoms with Crippen LogP contribution in [-0.4, -0.2) is 30.6 Å². The number of anilines is 1. The minimum absolute atomic E-state index is 0.0162. The Hall–Kier alpha value is -2.31. The van der Waals surface area contributed by atoms with Crippen molar-refractivity contribution < 1.29 is 15.0 Å². The molecular weight excluding hydrogens is 188 g/mol. The van der Waals surface area contributed by atoms with Crippen LogP contribution in [0.5, 0.6) is 5.88 Å². The Morgan fingerprint density at radius 3 is 2.79 bits per heavy atom. The normalized spacial score (nSPS) is 10.6. The molecular formula is C7H6N4O3. The first kappa shape index (κ1) is 8.30. The highest BCUT2D eigenvalue weighted by molar-refractivity contribution is 5.86. The highest BCUT2D eigenvalue weighted by atomic mass is 16.4. The lowest BCUT2D eigenvalue weighted by Crippen LogP contribution is -1.96. The van der Waals surface area contributed by atoms with Crippen molar-refractivity contribution in [1.29, 1.82) is 0 Å². The number of hydrogen-bond acceptors (Lipinski definition) is 5. The monoisotopic (exact) mass is 194 g/mol. The molecule has 0 radical (unpaired) electrons. The molecule has 0 unspecified atom stereocenters.